The predicted octanol–water partition coefficient (Wildman–Crippen LogP) is 1.10. The van der Waals surface area contributed by atoms with Gasteiger partial charge in [0.05, 0.1) is 36.2 Å². The Kier molecular flexibility index (Phi) is 6.61. The quantitative estimate of drug-likeness (QED) is 0.287. The monoisotopic (exact) mass is 519 g/mol. The topological polar surface area (TPSA) is 118 Å². The minimum Gasteiger partial charge on any atom is -0.395 e. The van der Waals surface area contributed by atoms with E-state index < -0.39 is 36.9 Å². The van der Waals surface area contributed by atoms with E-state index in [9.17, 15) is 29.6 Å². The highest BCUT2D eigenvalue weighted by Crippen LogP contribution is 2.35. The van der Waals surface area contributed by atoms with Gasteiger partial charge >= 0.3 is 0 Å². The van der Waals surface area contributed by atoms with Crippen molar-refractivity contribution in [2.75, 3.05) is 18.5 Å². The molecule has 0 radical (unpaired) electrons. The normalized spacial score (nSPS) is 23.4. The molecule has 0 spiro atoms. The van der Waals surface area contributed by atoms with Crippen molar-refractivity contribution in [1.29, 1.82) is 0 Å². The van der Waals surface area contributed by atoms with Gasteiger partial charge in [0.25, 0.3) is 0 Å². The summed E-state index contributed by atoms with van der Waals surface area (Å²) in [6.07, 6.45) is -3.72. The Balaban J connectivity index is 2.04. The molecule has 1 fully saturated rings. The van der Waals surface area contributed by atoms with Gasteiger partial charge in [-0.3, -0.25) is 9.69 Å². The maximum Gasteiger partial charge on any atom is 0.176 e. The van der Waals surface area contributed by atoms with Gasteiger partial charge in [0, 0.05) is 29.6 Å². The van der Waals surface area contributed by atoms with Gasteiger partial charge in [-0.25, -0.2) is 4.39 Å². The third-order valence-corrected chi connectivity index (χ3v) is 5.87. The lowest BCUT2D eigenvalue weighted by atomic mass is 10.1. The van der Waals surface area contributed by atoms with Gasteiger partial charge in [-0.05, 0) is 46.9 Å². The van der Waals surface area contributed by atoms with Crippen molar-refractivity contribution in [3.8, 4) is 0 Å². The summed E-state index contributed by atoms with van der Waals surface area (Å²) in [4.78, 5) is 13.4. The van der Waals surface area contributed by atoms with Crippen LogP contribution >= 0.6 is 22.6 Å². The largest absolute Gasteiger partial charge is 0.395 e. The highest BCUT2D eigenvalue weighted by atomic mass is 127. The van der Waals surface area contributed by atoms with Crippen molar-refractivity contribution >= 4 is 39.9 Å². The number of hydrogen-bond donors (Lipinski definition) is 5. The maximum absolute atomic E-state index is 14.4. The Labute approximate surface area is 180 Å². The molecule has 1 aromatic carbocycles. The van der Waals surface area contributed by atoms with E-state index in [1.54, 1.807) is 19.2 Å². The molecular formula is C19H23FIN3O5. The van der Waals surface area contributed by atoms with Crippen molar-refractivity contribution in [2.24, 2.45) is 7.05 Å². The SMILES string of the molecule is CC(=O)c1cc(C(O)N2C[C@H](O)[C@@H](O)[C@H]2CO)c(Nc2ccc(I)cc2F)n1C. The van der Waals surface area contributed by atoms with E-state index in [4.69, 9.17) is 0 Å². The van der Waals surface area contributed by atoms with Crippen LogP contribution in [0.1, 0.15) is 29.2 Å². The number of aliphatic hydroxyl groups excluding tert-OH is 4. The summed E-state index contributed by atoms with van der Waals surface area (Å²) in [5.41, 5.74) is 0.707. The number of ketones is 1. The van der Waals surface area contributed by atoms with E-state index >= 15 is 0 Å². The molecule has 3 rings (SSSR count). The fourth-order valence-electron chi connectivity index (χ4n) is 3.62. The first-order valence-corrected chi connectivity index (χ1v) is 10.1. The van der Waals surface area contributed by atoms with E-state index in [0.29, 0.717) is 3.57 Å². The molecule has 8 nitrogen and oxygen atoms in total. The molecule has 0 saturated carbocycles. The number of Topliss-reactive ketones (excluding diaryl/α,β-unsaturated/α-hetero) is 1. The summed E-state index contributed by atoms with van der Waals surface area (Å²) in [6, 6.07) is 5.21. The van der Waals surface area contributed by atoms with E-state index in [1.165, 1.54) is 28.5 Å². The first-order chi connectivity index (χ1) is 13.6. The van der Waals surface area contributed by atoms with Crippen LogP contribution in [0, 0.1) is 9.39 Å². The Hall–Kier alpha value is -1.57. The molecule has 4 atom stereocenters. The number of likely N-dealkylation sites (tertiary alicyclic amines) is 1. The average Bonchev–Trinajstić information content (AvgIpc) is 3.14. The molecule has 1 unspecified atom stereocenters. The van der Waals surface area contributed by atoms with E-state index in [2.05, 4.69) is 5.32 Å². The fraction of sp³-hybridized carbons (Fsp3) is 0.421. The minimum atomic E-state index is -1.35. The molecule has 1 aromatic heterocycles. The van der Waals surface area contributed by atoms with Crippen LogP contribution in [0.25, 0.3) is 0 Å². The molecule has 2 heterocycles. The van der Waals surface area contributed by atoms with Crippen LogP contribution in [0.15, 0.2) is 24.3 Å². The second kappa shape index (κ2) is 8.66. The van der Waals surface area contributed by atoms with Crippen LogP contribution in [-0.4, -0.2) is 67.1 Å². The summed E-state index contributed by atoms with van der Waals surface area (Å²) < 4.78 is 16.6. The van der Waals surface area contributed by atoms with Gasteiger partial charge in [0.1, 0.15) is 17.9 Å². The lowest BCUT2D eigenvalue weighted by Gasteiger charge is -2.29. The first kappa shape index (κ1) is 22.1. The van der Waals surface area contributed by atoms with Crippen molar-refractivity contribution in [3.05, 3.63) is 44.9 Å². The van der Waals surface area contributed by atoms with Gasteiger partial charge in [-0.15, -0.1) is 0 Å². The number of rotatable bonds is 6. The van der Waals surface area contributed by atoms with Gasteiger partial charge in [-0.1, -0.05) is 0 Å². The fourth-order valence-corrected chi connectivity index (χ4v) is 4.07. The lowest BCUT2D eigenvalue weighted by Crippen LogP contribution is -2.41. The van der Waals surface area contributed by atoms with Gasteiger partial charge in [-0.2, -0.15) is 0 Å². The second-order valence-corrected chi connectivity index (χ2v) is 8.32. The third-order valence-electron chi connectivity index (χ3n) is 5.20. The van der Waals surface area contributed by atoms with Crippen molar-refractivity contribution in [2.45, 2.75) is 31.4 Å². The molecule has 29 heavy (non-hydrogen) atoms. The van der Waals surface area contributed by atoms with Crippen LogP contribution in [0.5, 0.6) is 0 Å². The number of β-amino-alcohol motifs (C(OH)–C–C–N with tert-alkyl or cyclic N) is 1. The van der Waals surface area contributed by atoms with Crippen LogP contribution in [-0.2, 0) is 7.05 Å². The minimum absolute atomic E-state index is 0.0742. The number of carbonyl (C=O) groups excluding carboxylic acids is 1. The molecule has 5 N–H and O–H groups in total. The maximum atomic E-state index is 14.4. The lowest BCUT2D eigenvalue weighted by molar-refractivity contribution is -0.0404. The van der Waals surface area contributed by atoms with E-state index in [1.807, 2.05) is 22.6 Å². The first-order valence-electron chi connectivity index (χ1n) is 8.99. The van der Waals surface area contributed by atoms with Crippen molar-refractivity contribution in [1.82, 2.24) is 9.47 Å². The summed E-state index contributed by atoms with van der Waals surface area (Å²) in [5, 5.41) is 43.5. The molecule has 10 heteroatoms. The molecule has 0 bridgehead atoms. The highest BCUT2D eigenvalue weighted by molar-refractivity contribution is 14.1. The van der Waals surface area contributed by atoms with Crippen LogP contribution in [0.2, 0.25) is 0 Å². The Bertz CT molecular complexity index is 921. The molecular weight excluding hydrogens is 496 g/mol. The summed E-state index contributed by atoms with van der Waals surface area (Å²) in [7, 11) is 1.61. The molecule has 0 amide bonds. The number of aliphatic hydroxyl groups is 4. The zero-order chi connectivity index (χ0) is 21.5. The van der Waals surface area contributed by atoms with Gasteiger partial charge < -0.3 is 30.3 Å². The highest BCUT2D eigenvalue weighted by Gasteiger charge is 2.43. The number of anilines is 2. The van der Waals surface area contributed by atoms with E-state index in [0.717, 1.165) is 0 Å². The molecule has 1 aliphatic rings. The second-order valence-electron chi connectivity index (χ2n) is 7.08. The Morgan fingerprint density at radius 3 is 2.66 bits per heavy atom. The molecule has 158 valence electrons. The third kappa shape index (κ3) is 4.18. The Morgan fingerprint density at radius 1 is 1.38 bits per heavy atom. The smallest absolute Gasteiger partial charge is 0.176 e. The molecule has 1 aliphatic heterocycles. The average molecular weight is 519 g/mol. The zero-order valence-electron chi connectivity index (χ0n) is 15.9. The summed E-state index contributed by atoms with van der Waals surface area (Å²) >= 11 is 1.99. The van der Waals surface area contributed by atoms with Crippen LogP contribution in [0.3, 0.4) is 0 Å². The number of hydrogen-bond acceptors (Lipinski definition) is 7. The molecule has 2 aromatic rings. The number of carbonyl (C=O) groups is 1. The number of nitrogens with one attached hydrogen (secondary N) is 1. The summed E-state index contributed by atoms with van der Waals surface area (Å²) in [5.74, 6) is -0.462. The number of halogens is 2. The van der Waals surface area contributed by atoms with Crippen molar-refractivity contribution < 1.29 is 29.6 Å². The van der Waals surface area contributed by atoms with Crippen LogP contribution in [0.4, 0.5) is 15.9 Å². The predicted molar refractivity (Wildman–Crippen MR) is 112 cm³/mol. The molecule has 0 aliphatic carbocycles. The zero-order valence-corrected chi connectivity index (χ0v) is 18.0. The Morgan fingerprint density at radius 2 is 2.07 bits per heavy atom. The molecule has 1 saturated heterocycles. The number of benzene rings is 1. The number of nitrogens with zero attached hydrogens (tertiary/aromatic N) is 2. The number of aromatic nitrogens is 1. The standard InChI is InChI=1S/C19H23FIN3O5/c1-9(26)14-6-11(19(29)24-7-16(27)17(28)15(24)8-25)18(23(14)2)22-13-4-3-10(21)5-12(13)20/h3-6,15-17,19,22,25,27-29H,7-8H2,1-2H3/t15-,16+,17+,19?/m1/s1. The van der Waals surface area contributed by atoms with Crippen LogP contribution < -0.4 is 5.32 Å². The summed E-state index contributed by atoms with van der Waals surface area (Å²) in [6.45, 7) is 0.825. The van der Waals surface area contributed by atoms with Gasteiger partial charge in [0.2, 0.25) is 0 Å². The van der Waals surface area contributed by atoms with Gasteiger partial charge in [0.15, 0.2) is 5.78 Å². The van der Waals surface area contributed by atoms with E-state index in [-0.39, 0.29) is 35.1 Å². The van der Waals surface area contributed by atoms with Crippen molar-refractivity contribution in [3.63, 3.8) is 0 Å².